The first-order chi connectivity index (χ1) is 5.16. The molecule has 0 saturated heterocycles. The van der Waals surface area contributed by atoms with Crippen molar-refractivity contribution in [3.63, 3.8) is 0 Å². The summed E-state index contributed by atoms with van der Waals surface area (Å²) in [5.74, 6) is -0.565. The number of rotatable bonds is 6. The first kappa shape index (κ1) is 10.1. The molecule has 64 valence electrons. The Bertz CT molecular complexity index is 140. The highest BCUT2D eigenvalue weighted by molar-refractivity contribution is 5.77. The maximum Gasteiger partial charge on any atom is 0.303 e. The van der Waals surface area contributed by atoms with Gasteiger partial charge in [0.2, 0.25) is 0 Å². The van der Waals surface area contributed by atoms with Gasteiger partial charge >= 0.3 is 5.97 Å². The molecule has 0 heterocycles. The van der Waals surface area contributed by atoms with Gasteiger partial charge in [0.15, 0.2) is 0 Å². The molecule has 0 rings (SSSR count). The third-order valence-electron chi connectivity index (χ3n) is 1.49. The summed E-state index contributed by atoms with van der Waals surface area (Å²) in [6.45, 7) is 1.82. The Morgan fingerprint density at radius 1 is 1.18 bits per heavy atom. The highest BCUT2D eigenvalue weighted by Crippen LogP contribution is 2.01. The van der Waals surface area contributed by atoms with Crippen molar-refractivity contribution >= 4 is 11.8 Å². The van der Waals surface area contributed by atoms with Gasteiger partial charge in [-0.25, -0.2) is 0 Å². The van der Waals surface area contributed by atoms with Crippen LogP contribution in [-0.4, -0.2) is 16.9 Å². The van der Waals surface area contributed by atoms with E-state index in [4.69, 9.17) is 5.11 Å². The van der Waals surface area contributed by atoms with E-state index in [-0.39, 0.29) is 12.2 Å². The van der Waals surface area contributed by atoms with Crippen LogP contribution < -0.4 is 0 Å². The zero-order valence-electron chi connectivity index (χ0n) is 6.80. The molecule has 11 heavy (non-hydrogen) atoms. The van der Waals surface area contributed by atoms with Crippen LogP contribution in [0.4, 0.5) is 0 Å². The lowest BCUT2D eigenvalue weighted by molar-refractivity contribution is -0.137. The molecule has 0 saturated carbocycles. The number of ketones is 1. The number of carboxylic acid groups (broad SMARTS) is 1. The number of hydrogen-bond donors (Lipinski definition) is 1. The van der Waals surface area contributed by atoms with Crippen molar-refractivity contribution in [2.45, 2.75) is 39.0 Å². The van der Waals surface area contributed by atoms with Gasteiger partial charge in [-0.1, -0.05) is 6.92 Å². The van der Waals surface area contributed by atoms with Crippen molar-refractivity contribution < 1.29 is 14.7 Å². The topological polar surface area (TPSA) is 54.4 Å². The molecule has 1 N–H and O–H groups in total. The Labute approximate surface area is 66.4 Å². The lowest BCUT2D eigenvalue weighted by Crippen LogP contribution is -1.97. The minimum Gasteiger partial charge on any atom is -0.481 e. The molecule has 0 bridgehead atoms. The summed E-state index contributed by atoms with van der Waals surface area (Å²) in [5.41, 5.74) is 0. The number of hydrogen-bond acceptors (Lipinski definition) is 2. The van der Waals surface area contributed by atoms with Gasteiger partial charge in [0.05, 0.1) is 0 Å². The summed E-state index contributed by atoms with van der Waals surface area (Å²) >= 11 is 0. The zero-order valence-corrected chi connectivity index (χ0v) is 6.80. The Balaban J connectivity index is 3.14. The van der Waals surface area contributed by atoms with Crippen molar-refractivity contribution in [3.8, 4) is 0 Å². The molecule has 0 unspecified atom stereocenters. The third kappa shape index (κ3) is 7.03. The number of carboxylic acids is 1. The fourth-order valence-electron chi connectivity index (χ4n) is 0.775. The predicted octanol–water partition coefficient (Wildman–Crippen LogP) is 1.61. The Hall–Kier alpha value is -0.860. The smallest absolute Gasteiger partial charge is 0.303 e. The lowest BCUT2D eigenvalue weighted by atomic mass is 10.1. The second kappa shape index (κ2) is 5.89. The SMILES string of the molecule is CCC(=O)CCCCC(=O)O. The summed E-state index contributed by atoms with van der Waals surface area (Å²) in [4.78, 5) is 20.7. The average Bonchev–Trinajstić information content (AvgIpc) is 1.97. The minimum absolute atomic E-state index is 0.178. The van der Waals surface area contributed by atoms with Crippen LogP contribution in [0.5, 0.6) is 0 Å². The fraction of sp³-hybridized carbons (Fsp3) is 0.750. The minimum atomic E-state index is -0.783. The zero-order chi connectivity index (χ0) is 8.69. The highest BCUT2D eigenvalue weighted by atomic mass is 16.4. The lowest BCUT2D eigenvalue weighted by Gasteiger charge is -1.95. The number of aliphatic carboxylic acids is 1. The molecule has 0 radical (unpaired) electrons. The molecule has 3 heteroatoms. The fourth-order valence-corrected chi connectivity index (χ4v) is 0.775. The first-order valence-electron chi connectivity index (χ1n) is 3.90. The van der Waals surface area contributed by atoms with Gasteiger partial charge in [0.1, 0.15) is 5.78 Å². The number of carbonyl (C=O) groups excluding carboxylic acids is 1. The largest absolute Gasteiger partial charge is 0.481 e. The number of unbranched alkanes of at least 4 members (excludes halogenated alkanes) is 1. The molecular weight excluding hydrogens is 144 g/mol. The Kier molecular flexibility index (Phi) is 5.43. The Morgan fingerprint density at radius 2 is 1.73 bits per heavy atom. The van der Waals surface area contributed by atoms with Gasteiger partial charge in [-0.3, -0.25) is 9.59 Å². The standard InChI is InChI=1S/C8H14O3/c1-2-7(9)5-3-4-6-8(10)11/h2-6H2,1H3,(H,10,11). The molecule has 0 spiro atoms. The van der Waals surface area contributed by atoms with Gasteiger partial charge in [-0.15, -0.1) is 0 Å². The summed E-state index contributed by atoms with van der Waals surface area (Å²) < 4.78 is 0. The van der Waals surface area contributed by atoms with E-state index in [0.717, 1.165) is 0 Å². The second-order valence-electron chi connectivity index (χ2n) is 2.49. The second-order valence-corrected chi connectivity index (χ2v) is 2.49. The monoisotopic (exact) mass is 158 g/mol. The Morgan fingerprint density at radius 3 is 2.18 bits per heavy atom. The van der Waals surface area contributed by atoms with E-state index in [0.29, 0.717) is 25.7 Å². The first-order valence-corrected chi connectivity index (χ1v) is 3.90. The molecule has 0 aromatic heterocycles. The normalized spacial score (nSPS) is 9.55. The van der Waals surface area contributed by atoms with Crippen LogP contribution >= 0.6 is 0 Å². The summed E-state index contributed by atoms with van der Waals surface area (Å²) in [6.07, 6.45) is 2.59. The maximum atomic E-state index is 10.7. The summed E-state index contributed by atoms with van der Waals surface area (Å²) in [7, 11) is 0. The summed E-state index contributed by atoms with van der Waals surface area (Å²) in [6, 6.07) is 0. The van der Waals surface area contributed by atoms with E-state index in [1.165, 1.54) is 0 Å². The van der Waals surface area contributed by atoms with Gasteiger partial charge in [0, 0.05) is 19.3 Å². The number of Topliss-reactive ketones (excluding diaryl/α,β-unsaturated/α-hetero) is 1. The van der Waals surface area contributed by atoms with E-state index >= 15 is 0 Å². The summed E-state index contributed by atoms with van der Waals surface area (Å²) in [5, 5.41) is 8.25. The van der Waals surface area contributed by atoms with Gasteiger partial charge in [0.25, 0.3) is 0 Å². The van der Waals surface area contributed by atoms with Crippen molar-refractivity contribution in [1.29, 1.82) is 0 Å². The molecule has 0 aromatic carbocycles. The van der Waals surface area contributed by atoms with Crippen LogP contribution in [-0.2, 0) is 9.59 Å². The third-order valence-corrected chi connectivity index (χ3v) is 1.49. The molecule has 0 aromatic rings. The molecular formula is C8H14O3. The molecule has 0 aliphatic heterocycles. The van der Waals surface area contributed by atoms with Gasteiger partial charge in [-0.2, -0.15) is 0 Å². The van der Waals surface area contributed by atoms with Crippen molar-refractivity contribution in [2.24, 2.45) is 0 Å². The van der Waals surface area contributed by atoms with Crippen LogP contribution in [0.2, 0.25) is 0 Å². The van der Waals surface area contributed by atoms with Crippen LogP contribution in [0.1, 0.15) is 39.0 Å². The maximum absolute atomic E-state index is 10.7. The van der Waals surface area contributed by atoms with Crippen LogP contribution in [0, 0.1) is 0 Å². The van der Waals surface area contributed by atoms with Crippen LogP contribution in [0.3, 0.4) is 0 Å². The van der Waals surface area contributed by atoms with E-state index in [9.17, 15) is 9.59 Å². The van der Waals surface area contributed by atoms with Crippen LogP contribution in [0.15, 0.2) is 0 Å². The number of carbonyl (C=O) groups is 2. The molecule has 0 fully saturated rings. The van der Waals surface area contributed by atoms with Crippen molar-refractivity contribution in [3.05, 3.63) is 0 Å². The molecule has 0 amide bonds. The van der Waals surface area contributed by atoms with Crippen molar-refractivity contribution in [1.82, 2.24) is 0 Å². The van der Waals surface area contributed by atoms with Gasteiger partial charge < -0.3 is 5.11 Å². The molecule has 3 nitrogen and oxygen atoms in total. The van der Waals surface area contributed by atoms with E-state index in [1.54, 1.807) is 0 Å². The van der Waals surface area contributed by atoms with Crippen molar-refractivity contribution in [2.75, 3.05) is 0 Å². The highest BCUT2D eigenvalue weighted by Gasteiger charge is 1.99. The molecule has 0 aliphatic carbocycles. The van der Waals surface area contributed by atoms with E-state index < -0.39 is 5.97 Å². The molecule has 0 atom stereocenters. The predicted molar refractivity (Wildman–Crippen MR) is 41.4 cm³/mol. The molecule has 0 aliphatic rings. The van der Waals surface area contributed by atoms with E-state index in [1.807, 2.05) is 6.92 Å². The van der Waals surface area contributed by atoms with E-state index in [2.05, 4.69) is 0 Å². The van der Waals surface area contributed by atoms with Gasteiger partial charge in [-0.05, 0) is 12.8 Å². The quantitative estimate of drug-likeness (QED) is 0.597. The van der Waals surface area contributed by atoms with Crippen LogP contribution in [0.25, 0.3) is 0 Å². The average molecular weight is 158 g/mol.